The normalized spacial score (nSPS) is 22.3. The Morgan fingerprint density at radius 2 is 1.94 bits per heavy atom. The number of benzene rings is 1. The Hall–Kier alpha value is -0.980. The van der Waals surface area contributed by atoms with Crippen LogP contribution < -0.4 is 4.90 Å². The molecule has 1 saturated carbocycles. The van der Waals surface area contributed by atoms with E-state index in [1.807, 2.05) is 0 Å². The van der Waals surface area contributed by atoms with Crippen LogP contribution in [0.4, 0.5) is 5.69 Å². The third-order valence-corrected chi connectivity index (χ3v) is 4.55. The van der Waals surface area contributed by atoms with Gasteiger partial charge in [-0.3, -0.25) is 0 Å². The minimum absolute atomic E-state index is 0.823. The number of hydrogen-bond donors (Lipinski definition) is 0. The number of rotatable bonds is 6. The molecule has 0 aromatic heterocycles. The average Bonchev–Trinajstić information content (AvgIpc) is 3.17. The summed E-state index contributed by atoms with van der Waals surface area (Å²) < 4.78 is 0. The van der Waals surface area contributed by atoms with Crippen molar-refractivity contribution in [1.82, 2.24) is 0 Å². The standard InChI is InChI=1S/C17H25N/c1-2-3-4-7-12-18-16-9-6-5-8-15(16)13-17(18)14-10-11-14/h5-6,8-9,14,17H,2-4,7,10-13H2,1H3. The van der Waals surface area contributed by atoms with Crippen molar-refractivity contribution in [2.75, 3.05) is 11.4 Å². The van der Waals surface area contributed by atoms with Crippen molar-refractivity contribution in [2.24, 2.45) is 5.92 Å². The van der Waals surface area contributed by atoms with Gasteiger partial charge in [0.25, 0.3) is 0 Å². The fraction of sp³-hybridized carbons (Fsp3) is 0.647. The largest absolute Gasteiger partial charge is 0.368 e. The monoisotopic (exact) mass is 243 g/mol. The zero-order valence-corrected chi connectivity index (χ0v) is 11.6. The Labute approximate surface area is 111 Å². The van der Waals surface area contributed by atoms with Crippen molar-refractivity contribution in [3.63, 3.8) is 0 Å². The molecular weight excluding hydrogens is 218 g/mol. The van der Waals surface area contributed by atoms with Crippen LogP contribution in [0.15, 0.2) is 24.3 Å². The summed E-state index contributed by atoms with van der Waals surface area (Å²) in [6.45, 7) is 3.57. The molecule has 1 fully saturated rings. The van der Waals surface area contributed by atoms with Crippen molar-refractivity contribution < 1.29 is 0 Å². The summed E-state index contributed by atoms with van der Waals surface area (Å²) >= 11 is 0. The van der Waals surface area contributed by atoms with Gasteiger partial charge in [-0.15, -0.1) is 0 Å². The summed E-state index contributed by atoms with van der Waals surface area (Å²) in [4.78, 5) is 2.72. The van der Waals surface area contributed by atoms with Crippen molar-refractivity contribution in [1.29, 1.82) is 0 Å². The SMILES string of the molecule is CCCCCCN1c2ccccc2CC1C1CC1. The molecule has 0 saturated heterocycles. The maximum atomic E-state index is 2.72. The van der Waals surface area contributed by atoms with Crippen LogP contribution in [0.5, 0.6) is 0 Å². The summed E-state index contributed by atoms with van der Waals surface area (Å²) in [6.07, 6.45) is 9.72. The molecule has 0 radical (unpaired) electrons. The van der Waals surface area contributed by atoms with Crippen LogP contribution in [0.25, 0.3) is 0 Å². The number of nitrogens with zero attached hydrogens (tertiary/aromatic N) is 1. The molecule has 1 aliphatic heterocycles. The number of unbranched alkanes of at least 4 members (excludes halogenated alkanes) is 3. The van der Waals surface area contributed by atoms with Gasteiger partial charge in [-0.1, -0.05) is 44.4 Å². The molecule has 98 valence electrons. The molecule has 1 aromatic carbocycles. The van der Waals surface area contributed by atoms with Crippen molar-refractivity contribution >= 4 is 5.69 Å². The molecule has 1 aromatic rings. The zero-order valence-electron chi connectivity index (χ0n) is 11.6. The van der Waals surface area contributed by atoms with Gasteiger partial charge >= 0.3 is 0 Å². The van der Waals surface area contributed by atoms with Crippen LogP contribution in [-0.4, -0.2) is 12.6 Å². The Balaban J connectivity index is 1.67. The van der Waals surface area contributed by atoms with E-state index in [9.17, 15) is 0 Å². The fourth-order valence-electron chi connectivity index (χ4n) is 3.38. The number of fused-ring (bicyclic) bond motifs is 1. The predicted octanol–water partition coefficient (Wildman–Crippen LogP) is 4.41. The second-order valence-electron chi connectivity index (χ2n) is 5.99. The zero-order chi connectivity index (χ0) is 12.4. The van der Waals surface area contributed by atoms with Gasteiger partial charge in [-0.05, 0) is 43.2 Å². The maximum Gasteiger partial charge on any atom is 0.0402 e. The first kappa shape index (κ1) is 12.1. The summed E-state index contributed by atoms with van der Waals surface area (Å²) in [5.41, 5.74) is 3.12. The predicted molar refractivity (Wildman–Crippen MR) is 78.1 cm³/mol. The highest BCUT2D eigenvalue weighted by molar-refractivity contribution is 5.59. The Kier molecular flexibility index (Phi) is 3.58. The van der Waals surface area contributed by atoms with Crippen LogP contribution in [0.1, 0.15) is 51.0 Å². The van der Waals surface area contributed by atoms with E-state index in [1.54, 1.807) is 5.56 Å². The number of anilines is 1. The van der Waals surface area contributed by atoms with E-state index >= 15 is 0 Å². The first-order valence-electron chi connectivity index (χ1n) is 7.74. The minimum Gasteiger partial charge on any atom is -0.368 e. The lowest BCUT2D eigenvalue weighted by molar-refractivity contribution is 0.537. The number of hydrogen-bond acceptors (Lipinski definition) is 1. The lowest BCUT2D eigenvalue weighted by Crippen LogP contribution is -2.34. The molecular formula is C17H25N. The van der Waals surface area contributed by atoms with Gasteiger partial charge < -0.3 is 4.90 Å². The third-order valence-electron chi connectivity index (χ3n) is 4.55. The average molecular weight is 243 g/mol. The van der Waals surface area contributed by atoms with Crippen LogP contribution in [0, 0.1) is 5.92 Å². The first-order valence-corrected chi connectivity index (χ1v) is 7.74. The summed E-state index contributed by atoms with van der Waals surface area (Å²) in [5.74, 6) is 0.989. The summed E-state index contributed by atoms with van der Waals surface area (Å²) in [7, 11) is 0. The topological polar surface area (TPSA) is 3.24 Å². The lowest BCUT2D eigenvalue weighted by Gasteiger charge is -2.27. The van der Waals surface area contributed by atoms with Crippen molar-refractivity contribution in [3.05, 3.63) is 29.8 Å². The highest BCUT2D eigenvalue weighted by atomic mass is 15.2. The molecule has 1 unspecified atom stereocenters. The van der Waals surface area contributed by atoms with Crippen LogP contribution in [0.3, 0.4) is 0 Å². The fourth-order valence-corrected chi connectivity index (χ4v) is 3.38. The van der Waals surface area contributed by atoms with E-state index in [-0.39, 0.29) is 0 Å². The van der Waals surface area contributed by atoms with E-state index in [2.05, 4.69) is 36.1 Å². The van der Waals surface area contributed by atoms with E-state index in [0.717, 1.165) is 12.0 Å². The molecule has 1 aliphatic carbocycles. The van der Waals surface area contributed by atoms with Gasteiger partial charge in [-0.2, -0.15) is 0 Å². The number of para-hydroxylation sites is 1. The highest BCUT2D eigenvalue weighted by Gasteiger charge is 2.39. The van der Waals surface area contributed by atoms with Crippen LogP contribution in [0.2, 0.25) is 0 Å². The molecule has 0 amide bonds. The molecule has 1 atom stereocenters. The van der Waals surface area contributed by atoms with Gasteiger partial charge in [0.05, 0.1) is 0 Å². The van der Waals surface area contributed by atoms with Crippen LogP contribution >= 0.6 is 0 Å². The van der Waals surface area contributed by atoms with Gasteiger partial charge in [0.15, 0.2) is 0 Å². The van der Waals surface area contributed by atoms with Gasteiger partial charge in [0, 0.05) is 18.3 Å². The van der Waals surface area contributed by atoms with E-state index < -0.39 is 0 Å². The molecule has 0 bridgehead atoms. The Morgan fingerprint density at radius 3 is 2.72 bits per heavy atom. The minimum atomic E-state index is 0.823. The van der Waals surface area contributed by atoms with Crippen LogP contribution in [-0.2, 0) is 6.42 Å². The van der Waals surface area contributed by atoms with E-state index in [1.165, 1.54) is 57.2 Å². The summed E-state index contributed by atoms with van der Waals surface area (Å²) in [5, 5.41) is 0. The smallest absolute Gasteiger partial charge is 0.0402 e. The van der Waals surface area contributed by atoms with Crippen molar-refractivity contribution in [3.8, 4) is 0 Å². The van der Waals surface area contributed by atoms with E-state index in [4.69, 9.17) is 0 Å². The second kappa shape index (κ2) is 5.34. The Morgan fingerprint density at radius 1 is 1.11 bits per heavy atom. The second-order valence-corrected chi connectivity index (χ2v) is 5.99. The summed E-state index contributed by atoms with van der Waals surface area (Å²) in [6, 6.07) is 9.88. The van der Waals surface area contributed by atoms with Gasteiger partial charge in [-0.25, -0.2) is 0 Å². The molecule has 3 rings (SSSR count). The lowest BCUT2D eigenvalue weighted by atomic mass is 10.1. The highest BCUT2D eigenvalue weighted by Crippen LogP contribution is 2.44. The van der Waals surface area contributed by atoms with Gasteiger partial charge in [0.2, 0.25) is 0 Å². The molecule has 1 heterocycles. The van der Waals surface area contributed by atoms with E-state index in [0.29, 0.717) is 0 Å². The quantitative estimate of drug-likeness (QED) is 0.669. The third kappa shape index (κ3) is 2.41. The molecule has 0 N–H and O–H groups in total. The molecule has 18 heavy (non-hydrogen) atoms. The Bertz CT molecular complexity index is 394. The first-order chi connectivity index (χ1) is 8.90. The molecule has 1 nitrogen and oxygen atoms in total. The molecule has 2 aliphatic rings. The van der Waals surface area contributed by atoms with Crippen molar-refractivity contribution in [2.45, 2.75) is 57.9 Å². The molecule has 0 spiro atoms. The maximum absolute atomic E-state index is 2.72. The molecule has 1 heteroatoms. The van der Waals surface area contributed by atoms with Gasteiger partial charge in [0.1, 0.15) is 0 Å².